The Hall–Kier alpha value is -3.75. The lowest BCUT2D eigenvalue weighted by Crippen LogP contribution is -2.15. The smallest absolute Gasteiger partial charge is 0.256 e. The summed E-state index contributed by atoms with van der Waals surface area (Å²) >= 11 is 0. The van der Waals surface area contributed by atoms with Crippen LogP contribution in [0.4, 0.5) is 17.3 Å². The number of aromatic amines is 1. The SMILES string of the molecule is COc1cccc(OC)c1CNc1n[nH]c(Nc2cccnc2)c1C(N)=O. The first-order valence-corrected chi connectivity index (χ1v) is 8.13. The third-order valence-corrected chi connectivity index (χ3v) is 3.91. The molecule has 0 radical (unpaired) electrons. The Morgan fingerprint density at radius 3 is 2.52 bits per heavy atom. The third-order valence-electron chi connectivity index (χ3n) is 3.91. The summed E-state index contributed by atoms with van der Waals surface area (Å²) in [6, 6.07) is 9.07. The van der Waals surface area contributed by atoms with Crippen molar-refractivity contribution in [2.75, 3.05) is 24.9 Å². The molecule has 0 saturated heterocycles. The number of primary amides is 1. The summed E-state index contributed by atoms with van der Waals surface area (Å²) < 4.78 is 10.8. The maximum absolute atomic E-state index is 12.0. The van der Waals surface area contributed by atoms with Gasteiger partial charge in [0, 0.05) is 12.7 Å². The highest BCUT2D eigenvalue weighted by Crippen LogP contribution is 2.30. The first-order chi connectivity index (χ1) is 13.1. The zero-order chi connectivity index (χ0) is 19.2. The Bertz CT molecular complexity index is 904. The van der Waals surface area contributed by atoms with Gasteiger partial charge in [0.15, 0.2) is 5.82 Å². The molecule has 3 aromatic rings. The Kier molecular flexibility index (Phi) is 5.41. The molecule has 5 N–H and O–H groups in total. The number of benzene rings is 1. The Labute approximate surface area is 155 Å². The molecule has 0 spiro atoms. The van der Waals surface area contributed by atoms with Crippen LogP contribution in [0.3, 0.4) is 0 Å². The van der Waals surface area contributed by atoms with Gasteiger partial charge in [-0.3, -0.25) is 14.9 Å². The van der Waals surface area contributed by atoms with E-state index in [1.807, 2.05) is 24.3 Å². The maximum Gasteiger partial charge on any atom is 0.256 e. The van der Waals surface area contributed by atoms with E-state index < -0.39 is 5.91 Å². The van der Waals surface area contributed by atoms with Crippen molar-refractivity contribution >= 4 is 23.2 Å². The van der Waals surface area contributed by atoms with E-state index in [2.05, 4.69) is 25.8 Å². The second-order valence-corrected chi connectivity index (χ2v) is 5.55. The van der Waals surface area contributed by atoms with Crippen LogP contribution in [0.1, 0.15) is 15.9 Å². The molecule has 140 valence electrons. The lowest BCUT2D eigenvalue weighted by molar-refractivity contribution is 0.100. The molecule has 0 aliphatic carbocycles. The van der Waals surface area contributed by atoms with E-state index in [4.69, 9.17) is 15.2 Å². The lowest BCUT2D eigenvalue weighted by atomic mass is 10.1. The number of methoxy groups -OCH3 is 2. The molecule has 0 fully saturated rings. The minimum atomic E-state index is -0.621. The second-order valence-electron chi connectivity index (χ2n) is 5.55. The van der Waals surface area contributed by atoms with Crippen molar-refractivity contribution in [2.24, 2.45) is 5.73 Å². The molecule has 0 atom stereocenters. The van der Waals surface area contributed by atoms with Crippen molar-refractivity contribution in [3.63, 3.8) is 0 Å². The number of anilines is 3. The number of ether oxygens (including phenoxy) is 2. The summed E-state index contributed by atoms with van der Waals surface area (Å²) in [5.41, 5.74) is 7.26. The quantitative estimate of drug-likeness (QED) is 0.480. The fourth-order valence-electron chi connectivity index (χ4n) is 2.66. The van der Waals surface area contributed by atoms with E-state index in [0.29, 0.717) is 35.4 Å². The monoisotopic (exact) mass is 368 g/mol. The first-order valence-electron chi connectivity index (χ1n) is 8.13. The van der Waals surface area contributed by atoms with Crippen LogP contribution in [0, 0.1) is 0 Å². The summed E-state index contributed by atoms with van der Waals surface area (Å²) in [5.74, 6) is 1.40. The molecule has 0 saturated carbocycles. The van der Waals surface area contributed by atoms with Crippen LogP contribution in [0.5, 0.6) is 11.5 Å². The van der Waals surface area contributed by atoms with Gasteiger partial charge in [0.25, 0.3) is 5.91 Å². The minimum Gasteiger partial charge on any atom is -0.496 e. The lowest BCUT2D eigenvalue weighted by Gasteiger charge is -2.13. The predicted molar refractivity (Wildman–Crippen MR) is 101 cm³/mol. The van der Waals surface area contributed by atoms with Crippen LogP contribution in [0.25, 0.3) is 0 Å². The van der Waals surface area contributed by atoms with Crippen LogP contribution < -0.4 is 25.8 Å². The molecule has 2 aromatic heterocycles. The molecule has 1 aromatic carbocycles. The maximum atomic E-state index is 12.0. The number of rotatable bonds is 8. The van der Waals surface area contributed by atoms with Crippen molar-refractivity contribution in [3.05, 3.63) is 53.9 Å². The van der Waals surface area contributed by atoms with Crippen LogP contribution in [-0.2, 0) is 6.54 Å². The number of nitrogens with zero attached hydrogens (tertiary/aromatic N) is 2. The summed E-state index contributed by atoms with van der Waals surface area (Å²) in [5, 5.41) is 13.1. The van der Waals surface area contributed by atoms with Crippen LogP contribution in [-0.4, -0.2) is 35.3 Å². The van der Waals surface area contributed by atoms with E-state index in [0.717, 1.165) is 5.56 Å². The number of nitrogens with two attached hydrogens (primary N) is 1. The van der Waals surface area contributed by atoms with Gasteiger partial charge >= 0.3 is 0 Å². The Morgan fingerprint density at radius 2 is 1.93 bits per heavy atom. The predicted octanol–water partition coefficient (Wildman–Crippen LogP) is 2.28. The van der Waals surface area contributed by atoms with Crippen molar-refractivity contribution in [1.82, 2.24) is 15.2 Å². The van der Waals surface area contributed by atoms with E-state index in [1.54, 1.807) is 32.7 Å². The highest BCUT2D eigenvalue weighted by atomic mass is 16.5. The number of amides is 1. The third kappa shape index (κ3) is 3.92. The van der Waals surface area contributed by atoms with Gasteiger partial charge in [-0.1, -0.05) is 6.07 Å². The molecule has 0 bridgehead atoms. The molecule has 1 amide bonds. The molecule has 2 heterocycles. The Morgan fingerprint density at radius 1 is 1.19 bits per heavy atom. The van der Waals surface area contributed by atoms with Gasteiger partial charge in [-0.15, -0.1) is 0 Å². The highest BCUT2D eigenvalue weighted by Gasteiger charge is 2.19. The summed E-state index contributed by atoms with van der Waals surface area (Å²) in [6.45, 7) is 0.324. The van der Waals surface area contributed by atoms with Gasteiger partial charge in [0.05, 0.1) is 31.7 Å². The number of hydrogen-bond acceptors (Lipinski definition) is 7. The van der Waals surface area contributed by atoms with Crippen molar-refractivity contribution in [3.8, 4) is 11.5 Å². The summed E-state index contributed by atoms with van der Waals surface area (Å²) in [4.78, 5) is 16.0. The summed E-state index contributed by atoms with van der Waals surface area (Å²) in [7, 11) is 3.16. The Balaban J connectivity index is 1.85. The standard InChI is InChI=1S/C18H20N6O3/c1-26-13-6-3-7-14(27-2)12(13)10-21-17-15(16(19)25)18(24-23-17)22-11-5-4-8-20-9-11/h3-9H,10H2,1-2H3,(H2,19,25)(H3,21,22,23,24). The molecular weight excluding hydrogens is 348 g/mol. The fraction of sp³-hybridized carbons (Fsp3) is 0.167. The second kappa shape index (κ2) is 8.09. The first kappa shape index (κ1) is 18.1. The summed E-state index contributed by atoms with van der Waals surface area (Å²) in [6.07, 6.45) is 3.28. The zero-order valence-electron chi connectivity index (χ0n) is 14.9. The molecule has 9 heteroatoms. The van der Waals surface area contributed by atoms with Gasteiger partial charge < -0.3 is 25.8 Å². The number of hydrogen-bond donors (Lipinski definition) is 4. The van der Waals surface area contributed by atoms with Crippen molar-refractivity contribution in [1.29, 1.82) is 0 Å². The van der Waals surface area contributed by atoms with Crippen molar-refractivity contribution in [2.45, 2.75) is 6.54 Å². The van der Waals surface area contributed by atoms with E-state index in [-0.39, 0.29) is 5.56 Å². The van der Waals surface area contributed by atoms with E-state index >= 15 is 0 Å². The average molecular weight is 368 g/mol. The van der Waals surface area contributed by atoms with Gasteiger partial charge in [-0.05, 0) is 24.3 Å². The number of aromatic nitrogens is 3. The normalized spacial score (nSPS) is 10.3. The average Bonchev–Trinajstić information content (AvgIpc) is 3.09. The number of pyridine rings is 1. The molecule has 0 aliphatic rings. The highest BCUT2D eigenvalue weighted by molar-refractivity contribution is 6.03. The van der Waals surface area contributed by atoms with Gasteiger partial charge in [-0.25, -0.2) is 0 Å². The van der Waals surface area contributed by atoms with Gasteiger partial charge in [0.2, 0.25) is 0 Å². The van der Waals surface area contributed by atoms with E-state index in [9.17, 15) is 4.79 Å². The number of H-pyrrole nitrogens is 1. The van der Waals surface area contributed by atoms with Crippen molar-refractivity contribution < 1.29 is 14.3 Å². The van der Waals surface area contributed by atoms with Gasteiger partial charge in [-0.2, -0.15) is 5.10 Å². The molecular formula is C18H20N6O3. The number of carbonyl (C=O) groups is 1. The minimum absolute atomic E-state index is 0.215. The topological polar surface area (TPSA) is 127 Å². The van der Waals surface area contributed by atoms with Crippen LogP contribution in [0.15, 0.2) is 42.7 Å². The van der Waals surface area contributed by atoms with Crippen LogP contribution >= 0.6 is 0 Å². The molecule has 9 nitrogen and oxygen atoms in total. The number of carbonyl (C=O) groups excluding carboxylic acids is 1. The van der Waals surface area contributed by atoms with Crippen LogP contribution in [0.2, 0.25) is 0 Å². The fourth-order valence-corrected chi connectivity index (χ4v) is 2.66. The molecule has 3 rings (SSSR count). The number of nitrogens with one attached hydrogen (secondary N) is 3. The molecule has 0 aliphatic heterocycles. The van der Waals surface area contributed by atoms with E-state index in [1.165, 1.54) is 0 Å². The zero-order valence-corrected chi connectivity index (χ0v) is 14.9. The van der Waals surface area contributed by atoms with Gasteiger partial charge in [0.1, 0.15) is 22.9 Å². The molecule has 0 unspecified atom stereocenters. The molecule has 27 heavy (non-hydrogen) atoms. The largest absolute Gasteiger partial charge is 0.496 e.